The second-order valence-corrected chi connectivity index (χ2v) is 7.47. The first kappa shape index (κ1) is 12.4. The fraction of sp³-hybridized carbons (Fsp3) is 0.778. The molecule has 0 aliphatic carbocycles. The van der Waals surface area contributed by atoms with E-state index in [0.717, 1.165) is 12.3 Å². The van der Waals surface area contributed by atoms with Crippen LogP contribution >= 0.6 is 22.4 Å². The zero-order valence-corrected chi connectivity index (χ0v) is 10.4. The molecule has 0 N–H and O–H groups in total. The highest BCUT2D eigenvalue weighted by molar-refractivity contribution is 8.13. The fourth-order valence-corrected chi connectivity index (χ4v) is 3.22. The van der Waals surface area contributed by atoms with E-state index in [9.17, 15) is 8.42 Å². The molecular formula is C9H15ClO2S2. The number of rotatable bonds is 4. The third-order valence-corrected chi connectivity index (χ3v) is 4.44. The summed E-state index contributed by atoms with van der Waals surface area (Å²) in [6.07, 6.45) is 7.14. The topological polar surface area (TPSA) is 34.1 Å². The molecule has 1 aliphatic rings. The van der Waals surface area contributed by atoms with E-state index >= 15 is 0 Å². The van der Waals surface area contributed by atoms with Crippen LogP contribution in [-0.4, -0.2) is 25.7 Å². The molecule has 0 bridgehead atoms. The van der Waals surface area contributed by atoms with Gasteiger partial charge in [-0.1, -0.05) is 12.2 Å². The van der Waals surface area contributed by atoms with Crippen LogP contribution in [0.4, 0.5) is 0 Å². The molecule has 82 valence electrons. The number of allylic oxidation sites excluding steroid dienone is 1. The summed E-state index contributed by atoms with van der Waals surface area (Å²) in [5, 5.41) is 0. The molecule has 0 saturated carbocycles. The fourth-order valence-electron chi connectivity index (χ4n) is 1.46. The Bertz CT molecular complexity index is 279. The molecular weight excluding hydrogens is 240 g/mol. The van der Waals surface area contributed by atoms with Crippen LogP contribution in [0.25, 0.3) is 0 Å². The normalized spacial score (nSPS) is 24.2. The lowest BCUT2D eigenvalue weighted by Crippen LogP contribution is -2.09. The van der Waals surface area contributed by atoms with Crippen LogP contribution in [0.2, 0.25) is 0 Å². The molecule has 14 heavy (non-hydrogen) atoms. The standard InChI is InChI=1S/C9H15ClO2S2/c10-14(11,12)7-2-1-4-9-5-3-6-13-8-9/h1-2,9H,3-8H2/b2-1-. The van der Waals surface area contributed by atoms with Crippen molar-refractivity contribution in [1.29, 1.82) is 0 Å². The predicted molar refractivity (Wildman–Crippen MR) is 63.4 cm³/mol. The maximum atomic E-state index is 10.6. The summed E-state index contributed by atoms with van der Waals surface area (Å²) in [7, 11) is 1.72. The van der Waals surface area contributed by atoms with Gasteiger partial charge in [0, 0.05) is 10.7 Å². The third-order valence-electron chi connectivity index (χ3n) is 2.19. The molecule has 1 aliphatic heterocycles. The molecule has 0 aromatic carbocycles. The van der Waals surface area contributed by atoms with Gasteiger partial charge in [-0.3, -0.25) is 0 Å². The van der Waals surface area contributed by atoms with Crippen LogP contribution in [-0.2, 0) is 9.05 Å². The molecule has 0 aromatic heterocycles. The van der Waals surface area contributed by atoms with Gasteiger partial charge in [0.15, 0.2) is 0 Å². The van der Waals surface area contributed by atoms with Crippen LogP contribution in [0.5, 0.6) is 0 Å². The maximum Gasteiger partial charge on any atom is 0.236 e. The molecule has 0 amide bonds. The summed E-state index contributed by atoms with van der Waals surface area (Å²) >= 11 is 1.99. The number of halogens is 1. The van der Waals surface area contributed by atoms with E-state index < -0.39 is 9.05 Å². The van der Waals surface area contributed by atoms with E-state index in [0.29, 0.717) is 0 Å². The zero-order valence-electron chi connectivity index (χ0n) is 7.99. The summed E-state index contributed by atoms with van der Waals surface area (Å²) < 4.78 is 21.2. The Labute approximate surface area is 94.5 Å². The van der Waals surface area contributed by atoms with Gasteiger partial charge in [0.2, 0.25) is 9.05 Å². The van der Waals surface area contributed by atoms with Gasteiger partial charge in [-0.25, -0.2) is 8.42 Å². The average Bonchev–Trinajstić information content (AvgIpc) is 2.13. The summed E-state index contributed by atoms with van der Waals surface area (Å²) in [5.74, 6) is 3.16. The van der Waals surface area contributed by atoms with Gasteiger partial charge < -0.3 is 0 Å². The average molecular weight is 255 g/mol. The van der Waals surface area contributed by atoms with Crippen LogP contribution < -0.4 is 0 Å². The minimum absolute atomic E-state index is 0.0472. The molecule has 5 heteroatoms. The predicted octanol–water partition coefficient (Wildman–Crippen LogP) is 2.64. The van der Waals surface area contributed by atoms with Crippen molar-refractivity contribution in [2.24, 2.45) is 5.92 Å². The summed E-state index contributed by atoms with van der Waals surface area (Å²) in [6, 6.07) is 0. The lowest BCUT2D eigenvalue weighted by molar-refractivity contribution is 0.530. The van der Waals surface area contributed by atoms with Crippen molar-refractivity contribution in [3.05, 3.63) is 12.2 Å². The van der Waals surface area contributed by atoms with Gasteiger partial charge in [0.1, 0.15) is 0 Å². The summed E-state index contributed by atoms with van der Waals surface area (Å²) in [5.41, 5.74) is 0. The SMILES string of the molecule is O=S(=O)(Cl)C/C=C\CC1CCCSC1. The van der Waals surface area contributed by atoms with Gasteiger partial charge in [0.05, 0.1) is 5.75 Å². The van der Waals surface area contributed by atoms with E-state index in [1.807, 2.05) is 17.8 Å². The molecule has 0 radical (unpaired) electrons. The van der Waals surface area contributed by atoms with Gasteiger partial charge in [-0.15, -0.1) is 0 Å². The highest BCUT2D eigenvalue weighted by Crippen LogP contribution is 2.25. The molecule has 1 atom stereocenters. The first-order chi connectivity index (χ1) is 6.58. The van der Waals surface area contributed by atoms with Crippen molar-refractivity contribution in [2.75, 3.05) is 17.3 Å². The minimum Gasteiger partial charge on any atom is -0.212 e. The molecule has 0 spiro atoms. The van der Waals surface area contributed by atoms with Gasteiger partial charge >= 0.3 is 0 Å². The van der Waals surface area contributed by atoms with Crippen molar-refractivity contribution >= 4 is 31.5 Å². The van der Waals surface area contributed by atoms with Crippen molar-refractivity contribution in [2.45, 2.75) is 19.3 Å². The number of thioether (sulfide) groups is 1. The minimum atomic E-state index is -3.35. The van der Waals surface area contributed by atoms with Gasteiger partial charge in [0.25, 0.3) is 0 Å². The first-order valence-corrected chi connectivity index (χ1v) is 8.36. The molecule has 1 heterocycles. The summed E-state index contributed by atoms with van der Waals surface area (Å²) in [6.45, 7) is 0. The molecule has 1 unspecified atom stereocenters. The zero-order chi connectivity index (χ0) is 10.4. The van der Waals surface area contributed by atoms with Crippen LogP contribution in [0, 0.1) is 5.92 Å². The Morgan fingerprint density at radius 1 is 1.43 bits per heavy atom. The van der Waals surface area contributed by atoms with Gasteiger partial charge in [-0.05, 0) is 36.7 Å². The molecule has 1 rings (SSSR count). The largest absolute Gasteiger partial charge is 0.236 e. The first-order valence-electron chi connectivity index (χ1n) is 4.73. The van der Waals surface area contributed by atoms with Crippen molar-refractivity contribution in [3.8, 4) is 0 Å². The van der Waals surface area contributed by atoms with Crippen molar-refractivity contribution in [3.63, 3.8) is 0 Å². The van der Waals surface area contributed by atoms with Crippen molar-refractivity contribution in [1.82, 2.24) is 0 Å². The Kier molecular flexibility index (Phi) is 5.34. The second kappa shape index (κ2) is 6.03. The number of hydrogen-bond acceptors (Lipinski definition) is 3. The highest BCUT2D eigenvalue weighted by Gasteiger charge is 2.11. The molecule has 1 saturated heterocycles. The maximum absolute atomic E-state index is 10.6. The molecule has 1 fully saturated rings. The molecule has 0 aromatic rings. The Morgan fingerprint density at radius 3 is 2.79 bits per heavy atom. The Balaban J connectivity index is 2.19. The smallest absolute Gasteiger partial charge is 0.212 e. The number of hydrogen-bond donors (Lipinski definition) is 0. The Hall–Kier alpha value is 0.330. The van der Waals surface area contributed by atoms with E-state index in [1.54, 1.807) is 6.08 Å². The third kappa shape index (κ3) is 5.94. The van der Waals surface area contributed by atoms with Gasteiger partial charge in [-0.2, -0.15) is 11.8 Å². The molecule has 2 nitrogen and oxygen atoms in total. The van der Waals surface area contributed by atoms with Crippen LogP contribution in [0.3, 0.4) is 0 Å². The lowest BCUT2D eigenvalue weighted by Gasteiger charge is -2.19. The Morgan fingerprint density at radius 2 is 2.21 bits per heavy atom. The monoisotopic (exact) mass is 254 g/mol. The van der Waals surface area contributed by atoms with E-state index in [1.165, 1.54) is 24.3 Å². The quantitative estimate of drug-likeness (QED) is 0.571. The van der Waals surface area contributed by atoms with Crippen molar-refractivity contribution < 1.29 is 8.42 Å². The van der Waals surface area contributed by atoms with E-state index in [4.69, 9.17) is 10.7 Å². The van der Waals surface area contributed by atoms with E-state index in [-0.39, 0.29) is 5.75 Å². The highest BCUT2D eigenvalue weighted by atomic mass is 35.7. The second-order valence-electron chi connectivity index (χ2n) is 3.50. The van der Waals surface area contributed by atoms with Crippen LogP contribution in [0.15, 0.2) is 12.2 Å². The van der Waals surface area contributed by atoms with Crippen LogP contribution in [0.1, 0.15) is 19.3 Å². The lowest BCUT2D eigenvalue weighted by atomic mass is 10.0. The van der Waals surface area contributed by atoms with E-state index in [2.05, 4.69) is 0 Å². The summed E-state index contributed by atoms with van der Waals surface area (Å²) in [4.78, 5) is 0.